The van der Waals surface area contributed by atoms with Crippen molar-refractivity contribution < 1.29 is 28.3 Å². The molecule has 3 rings (SSSR count). The maximum Gasteiger partial charge on any atom is 0.338 e. The number of rotatable bonds is 7. The molecule has 0 bridgehead atoms. The van der Waals surface area contributed by atoms with Gasteiger partial charge in [0.25, 0.3) is 5.91 Å². The Morgan fingerprint density at radius 3 is 2.30 bits per heavy atom. The highest BCUT2D eigenvalue weighted by Gasteiger charge is 2.29. The summed E-state index contributed by atoms with van der Waals surface area (Å²) in [6, 6.07) is 10.7. The number of halogens is 1. The maximum atomic E-state index is 12.9. The van der Waals surface area contributed by atoms with Crippen LogP contribution in [0.5, 0.6) is 0 Å². The fourth-order valence-corrected chi connectivity index (χ4v) is 3.36. The highest BCUT2D eigenvalue weighted by Crippen LogP contribution is 2.23. The number of nitrogens with two attached hydrogens (primary N) is 1. The van der Waals surface area contributed by atoms with Crippen molar-refractivity contribution in [3.8, 4) is 0 Å². The second kappa shape index (κ2) is 9.31. The molecule has 3 N–H and O–H groups in total. The van der Waals surface area contributed by atoms with Gasteiger partial charge in [0.05, 0.1) is 5.56 Å². The molecule has 1 aliphatic rings. The molecule has 2 aromatic carbocycles. The largest absolute Gasteiger partial charge is 0.454 e. The smallest absolute Gasteiger partial charge is 0.338 e. The summed E-state index contributed by atoms with van der Waals surface area (Å²) in [6.07, 6.45) is -0.0804. The number of hydrogen-bond acceptors (Lipinski definition) is 7. The molecular weight excluding hydrogens is 413 g/mol. The first kappa shape index (κ1) is 21.2. The Bertz CT molecular complexity index is 1020. The van der Waals surface area contributed by atoms with Crippen LogP contribution < -0.4 is 11.1 Å². The Morgan fingerprint density at radius 1 is 1.07 bits per heavy atom. The molecule has 154 valence electrons. The first-order valence-electron chi connectivity index (χ1n) is 8.72. The van der Waals surface area contributed by atoms with Gasteiger partial charge in [-0.15, -0.1) is 0 Å². The van der Waals surface area contributed by atoms with Crippen LogP contribution in [0.4, 0.5) is 10.1 Å². The van der Waals surface area contributed by atoms with Gasteiger partial charge >= 0.3 is 5.97 Å². The van der Waals surface area contributed by atoms with Crippen molar-refractivity contribution in [3.63, 3.8) is 0 Å². The number of benzene rings is 2. The zero-order valence-electron chi connectivity index (χ0n) is 15.5. The number of hydrogen-bond donors (Lipinski definition) is 2. The lowest BCUT2D eigenvalue weighted by atomic mass is 10.1. The van der Waals surface area contributed by atoms with Crippen molar-refractivity contribution >= 4 is 46.2 Å². The number of carbonyl (C=O) groups is 4. The number of ketones is 1. The van der Waals surface area contributed by atoms with Crippen LogP contribution in [0.1, 0.15) is 27.1 Å². The second-order valence-corrected chi connectivity index (χ2v) is 7.45. The van der Waals surface area contributed by atoms with E-state index < -0.39 is 41.2 Å². The van der Waals surface area contributed by atoms with Crippen LogP contribution in [-0.2, 0) is 14.3 Å². The van der Waals surface area contributed by atoms with E-state index in [1.807, 2.05) is 0 Å². The number of amides is 2. The minimum atomic E-state index is -0.719. The van der Waals surface area contributed by atoms with Crippen molar-refractivity contribution in [3.05, 3.63) is 65.5 Å². The lowest BCUT2D eigenvalue weighted by molar-refractivity contribution is -0.121. The van der Waals surface area contributed by atoms with Gasteiger partial charge in [0, 0.05) is 17.7 Å². The van der Waals surface area contributed by atoms with E-state index in [1.54, 1.807) is 0 Å². The SMILES string of the molecule is NC1=NC(=O)[C@H](CC(=O)Nc2ccc(C(=O)OCC(=O)c3ccc(F)cc3)cc2)S1. The molecule has 1 heterocycles. The normalized spacial score (nSPS) is 15.4. The third-order valence-corrected chi connectivity index (χ3v) is 5.02. The molecule has 30 heavy (non-hydrogen) atoms. The second-order valence-electron chi connectivity index (χ2n) is 6.23. The van der Waals surface area contributed by atoms with Crippen molar-refractivity contribution in [1.29, 1.82) is 0 Å². The van der Waals surface area contributed by atoms with E-state index in [1.165, 1.54) is 36.4 Å². The van der Waals surface area contributed by atoms with Crippen molar-refractivity contribution in [2.75, 3.05) is 11.9 Å². The highest BCUT2D eigenvalue weighted by atomic mass is 32.2. The zero-order valence-corrected chi connectivity index (χ0v) is 16.3. The summed E-state index contributed by atoms with van der Waals surface area (Å²) >= 11 is 1.04. The molecule has 0 saturated heterocycles. The molecule has 0 fully saturated rings. The Hall–Kier alpha value is -3.53. The van der Waals surface area contributed by atoms with E-state index in [4.69, 9.17) is 10.5 Å². The predicted molar refractivity (Wildman–Crippen MR) is 109 cm³/mol. The van der Waals surface area contributed by atoms with E-state index in [2.05, 4.69) is 10.3 Å². The first-order chi connectivity index (χ1) is 14.3. The fourth-order valence-electron chi connectivity index (χ4n) is 2.54. The van der Waals surface area contributed by atoms with E-state index in [-0.39, 0.29) is 22.7 Å². The molecule has 0 unspecified atom stereocenters. The van der Waals surface area contributed by atoms with Gasteiger partial charge in [-0.05, 0) is 48.5 Å². The van der Waals surface area contributed by atoms with Crippen LogP contribution >= 0.6 is 11.8 Å². The molecular formula is C20H16FN3O5S. The summed E-state index contributed by atoms with van der Waals surface area (Å²) < 4.78 is 17.9. The Labute approximate surface area is 174 Å². The van der Waals surface area contributed by atoms with Crippen LogP contribution in [0.15, 0.2) is 53.5 Å². The van der Waals surface area contributed by atoms with Crippen LogP contribution in [0.25, 0.3) is 0 Å². The Kier molecular flexibility index (Phi) is 6.58. The van der Waals surface area contributed by atoms with E-state index in [0.29, 0.717) is 5.69 Å². The maximum absolute atomic E-state index is 12.9. The van der Waals surface area contributed by atoms with Crippen molar-refractivity contribution in [1.82, 2.24) is 0 Å². The minimum absolute atomic E-state index is 0.0804. The van der Waals surface area contributed by atoms with Crippen LogP contribution in [0.2, 0.25) is 0 Å². The highest BCUT2D eigenvalue weighted by molar-refractivity contribution is 8.15. The summed E-state index contributed by atoms with van der Waals surface area (Å²) in [6.45, 7) is -0.485. The van der Waals surface area contributed by atoms with Gasteiger partial charge in [0.15, 0.2) is 17.6 Å². The summed E-state index contributed by atoms with van der Waals surface area (Å²) in [5, 5.41) is 2.11. The minimum Gasteiger partial charge on any atom is -0.454 e. The number of nitrogens with one attached hydrogen (secondary N) is 1. The summed E-state index contributed by atoms with van der Waals surface area (Å²) in [7, 11) is 0. The molecule has 10 heteroatoms. The number of aliphatic imine (C=N–C) groups is 1. The average Bonchev–Trinajstić information content (AvgIpc) is 3.03. The number of anilines is 1. The number of carbonyl (C=O) groups excluding carboxylic acids is 4. The molecule has 0 aliphatic carbocycles. The number of nitrogens with zero attached hydrogens (tertiary/aromatic N) is 1. The van der Waals surface area contributed by atoms with Gasteiger partial charge in [0.1, 0.15) is 11.1 Å². The zero-order chi connectivity index (χ0) is 21.7. The van der Waals surface area contributed by atoms with Crippen molar-refractivity contribution in [2.24, 2.45) is 10.7 Å². The summed E-state index contributed by atoms with van der Waals surface area (Å²) in [5.74, 6) is -2.49. The topological polar surface area (TPSA) is 128 Å². The quantitative estimate of drug-likeness (QED) is 0.510. The number of thioether (sulfide) groups is 1. The molecule has 1 aliphatic heterocycles. The Balaban J connectivity index is 1.49. The molecule has 0 radical (unpaired) electrons. The van der Waals surface area contributed by atoms with Gasteiger partial charge in [0.2, 0.25) is 5.91 Å². The van der Waals surface area contributed by atoms with E-state index in [9.17, 15) is 23.6 Å². The molecule has 2 aromatic rings. The van der Waals surface area contributed by atoms with E-state index in [0.717, 1.165) is 23.9 Å². The van der Waals surface area contributed by atoms with E-state index >= 15 is 0 Å². The van der Waals surface area contributed by atoms with Gasteiger partial charge < -0.3 is 15.8 Å². The van der Waals surface area contributed by atoms with Crippen LogP contribution in [0.3, 0.4) is 0 Å². The molecule has 0 spiro atoms. The van der Waals surface area contributed by atoms with Crippen LogP contribution in [-0.4, -0.2) is 40.6 Å². The molecule has 0 aromatic heterocycles. The summed E-state index contributed by atoms with van der Waals surface area (Å²) in [5.41, 5.74) is 6.28. The summed E-state index contributed by atoms with van der Waals surface area (Å²) in [4.78, 5) is 51.2. The first-order valence-corrected chi connectivity index (χ1v) is 9.60. The molecule has 2 amide bonds. The number of esters is 1. The fraction of sp³-hybridized carbons (Fsp3) is 0.150. The van der Waals surface area contributed by atoms with Gasteiger partial charge in [-0.3, -0.25) is 14.4 Å². The predicted octanol–water partition coefficient (Wildman–Crippen LogP) is 2.15. The van der Waals surface area contributed by atoms with Gasteiger partial charge in [-0.25, -0.2) is 9.18 Å². The molecule has 1 atom stereocenters. The lowest BCUT2D eigenvalue weighted by Crippen LogP contribution is -2.21. The number of Topliss-reactive ketones (excluding diaryl/α,β-unsaturated/α-hetero) is 1. The molecule has 8 nitrogen and oxygen atoms in total. The third-order valence-electron chi connectivity index (χ3n) is 4.03. The number of ether oxygens (including phenoxy) is 1. The molecule has 0 saturated carbocycles. The lowest BCUT2D eigenvalue weighted by Gasteiger charge is -2.09. The monoisotopic (exact) mass is 429 g/mol. The third kappa shape index (κ3) is 5.51. The standard InChI is InChI=1S/C20H16FN3O5S/c21-13-5-1-11(2-6-13)15(25)10-29-19(28)12-3-7-14(8-4-12)23-17(26)9-16-18(27)24-20(22)30-16/h1-8,16H,9-10H2,(H,23,26)(H2,22,24,27)/t16-/m0/s1. The van der Waals surface area contributed by atoms with Gasteiger partial charge in [-0.2, -0.15) is 4.99 Å². The Morgan fingerprint density at radius 2 is 1.70 bits per heavy atom. The number of amidine groups is 1. The van der Waals surface area contributed by atoms with Gasteiger partial charge in [-0.1, -0.05) is 11.8 Å². The average molecular weight is 429 g/mol. The van der Waals surface area contributed by atoms with Crippen LogP contribution in [0, 0.1) is 5.82 Å². The van der Waals surface area contributed by atoms with Crippen molar-refractivity contribution in [2.45, 2.75) is 11.7 Å².